The number of hydrogen-bond donors (Lipinski definition) is 0. The molecule has 0 bridgehead atoms. The second-order valence-corrected chi connectivity index (χ2v) is 5.34. The molecule has 0 saturated heterocycles. The quantitative estimate of drug-likeness (QED) is 0.810. The minimum atomic E-state index is -0.668. The van der Waals surface area contributed by atoms with E-state index in [9.17, 15) is 9.18 Å². The molecule has 1 heterocycles. The third-order valence-corrected chi connectivity index (χ3v) is 3.89. The number of nitrogens with zero attached hydrogens (tertiary/aromatic N) is 2. The average Bonchev–Trinajstić information content (AvgIpc) is 2.85. The molecule has 0 aliphatic heterocycles. The van der Waals surface area contributed by atoms with Crippen LogP contribution in [0.25, 0.3) is 0 Å². The van der Waals surface area contributed by atoms with E-state index >= 15 is 0 Å². The minimum absolute atomic E-state index is 0.0315. The molecule has 1 aromatic carbocycles. The first-order valence-corrected chi connectivity index (χ1v) is 7.16. The monoisotopic (exact) mass is 288 g/mol. The van der Waals surface area contributed by atoms with Gasteiger partial charge in [-0.3, -0.25) is 0 Å². The molecule has 1 atom stereocenters. The Balaban J connectivity index is 1.86. The first-order chi connectivity index (χ1) is 10.1. The van der Waals surface area contributed by atoms with Gasteiger partial charge in [-0.2, -0.15) is 4.39 Å². The van der Waals surface area contributed by atoms with Crippen LogP contribution in [0.4, 0.5) is 4.39 Å². The van der Waals surface area contributed by atoms with Gasteiger partial charge < -0.3 is 4.74 Å². The molecule has 1 aromatic heterocycles. The highest BCUT2D eigenvalue weighted by Crippen LogP contribution is 2.25. The van der Waals surface area contributed by atoms with Crippen LogP contribution in [0, 0.1) is 5.95 Å². The second-order valence-electron chi connectivity index (χ2n) is 5.34. The summed E-state index contributed by atoms with van der Waals surface area (Å²) in [7, 11) is 0. The van der Waals surface area contributed by atoms with Crippen LogP contribution in [0.5, 0.6) is 0 Å². The van der Waals surface area contributed by atoms with Crippen LogP contribution < -0.4 is 0 Å². The third-order valence-electron chi connectivity index (χ3n) is 3.89. The Bertz CT molecular complexity index is 635. The first kappa shape index (κ1) is 13.8. The van der Waals surface area contributed by atoms with Crippen molar-refractivity contribution in [1.82, 2.24) is 9.78 Å². The van der Waals surface area contributed by atoms with Crippen LogP contribution in [0.2, 0.25) is 0 Å². The van der Waals surface area contributed by atoms with Crippen molar-refractivity contribution in [2.45, 2.75) is 38.3 Å². The number of carbonyl (C=O) groups is 1. The first-order valence-electron chi connectivity index (χ1n) is 7.16. The van der Waals surface area contributed by atoms with Crippen molar-refractivity contribution in [1.29, 1.82) is 0 Å². The van der Waals surface area contributed by atoms with Gasteiger partial charge in [-0.1, -0.05) is 30.3 Å². The van der Waals surface area contributed by atoms with Crippen LogP contribution in [-0.4, -0.2) is 21.9 Å². The van der Waals surface area contributed by atoms with Crippen LogP contribution in [-0.2, 0) is 4.74 Å². The van der Waals surface area contributed by atoms with Gasteiger partial charge >= 0.3 is 5.97 Å². The summed E-state index contributed by atoms with van der Waals surface area (Å²) >= 11 is 0. The molecular formula is C16H17FN2O2. The number of hydrogen-bond acceptors (Lipinski definition) is 3. The SMILES string of the molecule is C[C@H](c1ccccc1)n1nc(F)cc1C(=O)OC1CCC1. The molecule has 5 heteroatoms. The van der Waals surface area contributed by atoms with Gasteiger partial charge in [0, 0.05) is 6.07 Å². The molecule has 0 unspecified atom stereocenters. The zero-order valence-corrected chi connectivity index (χ0v) is 11.8. The number of benzene rings is 1. The van der Waals surface area contributed by atoms with Gasteiger partial charge in [0.2, 0.25) is 5.95 Å². The van der Waals surface area contributed by atoms with Crippen LogP contribution in [0.15, 0.2) is 36.4 Å². The lowest BCUT2D eigenvalue weighted by Crippen LogP contribution is -2.27. The van der Waals surface area contributed by atoms with Crippen LogP contribution in [0.3, 0.4) is 0 Å². The number of ether oxygens (including phenoxy) is 1. The molecule has 0 N–H and O–H groups in total. The third kappa shape index (κ3) is 2.82. The van der Waals surface area contributed by atoms with E-state index in [4.69, 9.17) is 4.74 Å². The lowest BCUT2D eigenvalue weighted by Gasteiger charge is -2.25. The van der Waals surface area contributed by atoms with Crippen molar-refractivity contribution in [2.75, 3.05) is 0 Å². The van der Waals surface area contributed by atoms with E-state index < -0.39 is 11.9 Å². The van der Waals surface area contributed by atoms with E-state index in [-0.39, 0.29) is 17.8 Å². The number of esters is 1. The van der Waals surface area contributed by atoms with Gasteiger partial charge in [-0.25, -0.2) is 9.48 Å². The Morgan fingerprint density at radius 3 is 2.71 bits per heavy atom. The molecule has 1 aliphatic carbocycles. The predicted octanol–water partition coefficient (Wildman–Crippen LogP) is 3.34. The molecule has 4 nitrogen and oxygen atoms in total. The summed E-state index contributed by atoms with van der Waals surface area (Å²) in [6.07, 6.45) is 2.81. The molecule has 3 rings (SSSR count). The molecule has 2 aromatic rings. The molecule has 110 valence electrons. The standard InChI is InChI=1S/C16H17FN2O2/c1-11(12-6-3-2-4-7-12)19-14(10-15(17)18-19)16(20)21-13-8-5-9-13/h2-4,6-7,10-11,13H,5,8-9H2,1H3/t11-/m1/s1. The maximum Gasteiger partial charge on any atom is 0.357 e. The molecular weight excluding hydrogens is 271 g/mol. The van der Waals surface area contributed by atoms with Crippen molar-refractivity contribution >= 4 is 5.97 Å². The Morgan fingerprint density at radius 2 is 2.10 bits per heavy atom. The average molecular weight is 288 g/mol. The van der Waals surface area contributed by atoms with Crippen molar-refractivity contribution in [3.05, 3.63) is 53.6 Å². The van der Waals surface area contributed by atoms with Crippen molar-refractivity contribution in [2.24, 2.45) is 0 Å². The maximum atomic E-state index is 13.5. The molecule has 0 amide bonds. The Morgan fingerprint density at radius 1 is 1.38 bits per heavy atom. The maximum absolute atomic E-state index is 13.5. The number of aromatic nitrogens is 2. The lowest BCUT2D eigenvalue weighted by molar-refractivity contribution is 0.00760. The van der Waals surface area contributed by atoms with Crippen molar-refractivity contribution in [3.8, 4) is 0 Å². The van der Waals surface area contributed by atoms with E-state index in [0.717, 1.165) is 30.9 Å². The van der Waals surface area contributed by atoms with Gasteiger partial charge in [-0.05, 0) is 31.7 Å². The smallest absolute Gasteiger partial charge is 0.357 e. The van der Waals surface area contributed by atoms with E-state index in [1.54, 1.807) is 0 Å². The predicted molar refractivity (Wildman–Crippen MR) is 75.5 cm³/mol. The van der Waals surface area contributed by atoms with E-state index in [1.807, 2.05) is 37.3 Å². The van der Waals surface area contributed by atoms with Gasteiger partial charge in [0.15, 0.2) is 0 Å². The second kappa shape index (κ2) is 5.68. The van der Waals surface area contributed by atoms with E-state index in [0.29, 0.717) is 0 Å². The Kier molecular flexibility index (Phi) is 3.73. The normalized spacial score (nSPS) is 16.3. The van der Waals surface area contributed by atoms with Gasteiger partial charge in [-0.15, -0.1) is 5.10 Å². The van der Waals surface area contributed by atoms with E-state index in [2.05, 4.69) is 5.10 Å². The number of rotatable bonds is 4. The highest BCUT2D eigenvalue weighted by molar-refractivity contribution is 5.87. The molecule has 1 aliphatic rings. The number of halogens is 1. The van der Waals surface area contributed by atoms with Gasteiger partial charge in [0.1, 0.15) is 11.8 Å². The minimum Gasteiger partial charge on any atom is -0.458 e. The van der Waals surface area contributed by atoms with Gasteiger partial charge in [0.05, 0.1) is 6.04 Å². The molecule has 0 radical (unpaired) electrons. The van der Waals surface area contributed by atoms with Gasteiger partial charge in [0.25, 0.3) is 0 Å². The lowest BCUT2D eigenvalue weighted by atomic mass is 9.96. The summed E-state index contributed by atoms with van der Waals surface area (Å²) in [5.74, 6) is -1.17. The number of carbonyl (C=O) groups excluding carboxylic acids is 1. The zero-order chi connectivity index (χ0) is 14.8. The van der Waals surface area contributed by atoms with Crippen LogP contribution >= 0.6 is 0 Å². The fraction of sp³-hybridized carbons (Fsp3) is 0.375. The summed E-state index contributed by atoms with van der Waals surface area (Å²) in [5, 5.41) is 3.81. The summed E-state index contributed by atoms with van der Waals surface area (Å²) < 4.78 is 20.3. The summed E-state index contributed by atoms with van der Waals surface area (Å²) in [6, 6.07) is 10.5. The summed E-state index contributed by atoms with van der Waals surface area (Å²) in [5.41, 5.74) is 1.12. The van der Waals surface area contributed by atoms with Crippen molar-refractivity contribution in [3.63, 3.8) is 0 Å². The van der Waals surface area contributed by atoms with Crippen LogP contribution in [0.1, 0.15) is 48.3 Å². The zero-order valence-electron chi connectivity index (χ0n) is 11.8. The fourth-order valence-electron chi connectivity index (χ4n) is 2.39. The molecule has 21 heavy (non-hydrogen) atoms. The summed E-state index contributed by atoms with van der Waals surface area (Å²) in [6.45, 7) is 1.88. The molecule has 1 fully saturated rings. The fourth-order valence-corrected chi connectivity index (χ4v) is 2.39. The highest BCUT2D eigenvalue weighted by atomic mass is 19.1. The Labute approximate surface area is 122 Å². The Hall–Kier alpha value is -2.17. The molecule has 1 saturated carbocycles. The largest absolute Gasteiger partial charge is 0.458 e. The van der Waals surface area contributed by atoms with E-state index in [1.165, 1.54) is 4.68 Å². The topological polar surface area (TPSA) is 44.1 Å². The van der Waals surface area contributed by atoms with Crippen molar-refractivity contribution < 1.29 is 13.9 Å². The summed E-state index contributed by atoms with van der Waals surface area (Å²) in [4.78, 5) is 12.2. The highest BCUT2D eigenvalue weighted by Gasteiger charge is 2.26. The molecule has 0 spiro atoms.